The molecule has 1 atom stereocenters. The highest BCUT2D eigenvalue weighted by atomic mass is 16.5. The second-order valence-corrected chi connectivity index (χ2v) is 4.11. The van der Waals surface area contributed by atoms with E-state index in [1.54, 1.807) is 7.11 Å². The van der Waals surface area contributed by atoms with Crippen LogP contribution in [0.25, 0.3) is 11.5 Å². The van der Waals surface area contributed by atoms with Crippen molar-refractivity contribution in [2.45, 2.75) is 26.4 Å². The number of rotatable bonds is 4. The third kappa shape index (κ3) is 2.22. The smallest absolute Gasteiger partial charge is 0.258 e. The number of aromatic nitrogens is 2. The molecule has 0 bridgehead atoms. The number of nitrogens with two attached hydrogens (primary N) is 1. The molecular formula is C13H17N3O2. The van der Waals surface area contributed by atoms with Crippen LogP contribution in [0.2, 0.25) is 0 Å². The molecule has 0 aliphatic heterocycles. The lowest BCUT2D eigenvalue weighted by molar-refractivity contribution is 0.0903. The van der Waals surface area contributed by atoms with E-state index in [9.17, 15) is 0 Å². The highest BCUT2D eigenvalue weighted by molar-refractivity contribution is 5.66. The van der Waals surface area contributed by atoms with Crippen LogP contribution >= 0.6 is 0 Å². The molecule has 1 aromatic heterocycles. The molecule has 5 nitrogen and oxygen atoms in total. The monoisotopic (exact) mass is 247 g/mol. The molecule has 1 unspecified atom stereocenters. The molecule has 96 valence electrons. The third-order valence-corrected chi connectivity index (χ3v) is 2.99. The number of hydrogen-bond donors (Lipinski definition) is 1. The summed E-state index contributed by atoms with van der Waals surface area (Å²) in [6.07, 6.45) is 0.662. The van der Waals surface area contributed by atoms with Crippen LogP contribution in [0.4, 0.5) is 5.69 Å². The van der Waals surface area contributed by atoms with Gasteiger partial charge >= 0.3 is 0 Å². The first-order valence-electron chi connectivity index (χ1n) is 5.89. The van der Waals surface area contributed by atoms with Gasteiger partial charge in [-0.15, -0.1) is 0 Å². The van der Waals surface area contributed by atoms with Crippen LogP contribution in [0.1, 0.15) is 30.8 Å². The molecule has 0 aliphatic rings. The molecule has 0 amide bonds. The van der Waals surface area contributed by atoms with E-state index in [1.807, 2.05) is 32.0 Å². The highest BCUT2D eigenvalue weighted by Crippen LogP contribution is 2.27. The van der Waals surface area contributed by atoms with Crippen molar-refractivity contribution in [2.75, 3.05) is 12.8 Å². The van der Waals surface area contributed by atoms with Crippen LogP contribution in [-0.4, -0.2) is 17.3 Å². The maximum Gasteiger partial charge on any atom is 0.258 e. The normalized spacial score (nSPS) is 12.6. The van der Waals surface area contributed by atoms with Gasteiger partial charge in [-0.05, 0) is 31.0 Å². The summed E-state index contributed by atoms with van der Waals surface area (Å²) in [5.74, 6) is 1.04. The molecule has 18 heavy (non-hydrogen) atoms. The predicted octanol–water partition coefficient (Wildman–Crippen LogP) is 2.72. The van der Waals surface area contributed by atoms with E-state index >= 15 is 0 Å². The molecule has 5 heteroatoms. The second kappa shape index (κ2) is 5.18. The lowest BCUT2D eigenvalue weighted by Crippen LogP contribution is -2.01. The van der Waals surface area contributed by atoms with Crippen molar-refractivity contribution in [3.63, 3.8) is 0 Å². The molecular weight excluding hydrogens is 230 g/mol. The van der Waals surface area contributed by atoms with Gasteiger partial charge in [-0.2, -0.15) is 4.98 Å². The summed E-state index contributed by atoms with van der Waals surface area (Å²) in [6.45, 7) is 3.94. The number of nitrogen functional groups attached to an aromatic ring is 1. The molecule has 2 rings (SSSR count). The van der Waals surface area contributed by atoms with E-state index in [2.05, 4.69) is 10.1 Å². The highest BCUT2D eigenvalue weighted by Gasteiger charge is 2.18. The Balaban J connectivity index is 2.38. The fraction of sp³-hybridized carbons (Fsp3) is 0.385. The van der Waals surface area contributed by atoms with Gasteiger partial charge in [0.25, 0.3) is 5.89 Å². The summed E-state index contributed by atoms with van der Waals surface area (Å²) in [4.78, 5) is 4.37. The van der Waals surface area contributed by atoms with E-state index in [4.69, 9.17) is 15.0 Å². The average molecular weight is 247 g/mol. The molecule has 1 aromatic carbocycles. The summed E-state index contributed by atoms with van der Waals surface area (Å²) >= 11 is 0. The van der Waals surface area contributed by atoms with Gasteiger partial charge < -0.3 is 15.0 Å². The topological polar surface area (TPSA) is 74.2 Å². The number of methoxy groups -OCH3 is 1. The van der Waals surface area contributed by atoms with Crippen LogP contribution in [0.15, 0.2) is 22.7 Å². The van der Waals surface area contributed by atoms with Crippen LogP contribution in [-0.2, 0) is 4.74 Å². The van der Waals surface area contributed by atoms with Gasteiger partial charge in [0.1, 0.15) is 6.10 Å². The van der Waals surface area contributed by atoms with Gasteiger partial charge in [0.05, 0.1) is 0 Å². The summed E-state index contributed by atoms with van der Waals surface area (Å²) in [7, 11) is 1.63. The first kappa shape index (κ1) is 12.6. The Labute approximate surface area is 106 Å². The van der Waals surface area contributed by atoms with E-state index in [0.29, 0.717) is 17.4 Å². The van der Waals surface area contributed by atoms with Gasteiger partial charge in [0.15, 0.2) is 0 Å². The van der Waals surface area contributed by atoms with Crippen LogP contribution < -0.4 is 5.73 Å². The maximum absolute atomic E-state index is 5.86. The van der Waals surface area contributed by atoms with Gasteiger partial charge in [-0.25, -0.2) is 0 Å². The Kier molecular flexibility index (Phi) is 3.62. The van der Waals surface area contributed by atoms with Crippen LogP contribution in [0.5, 0.6) is 0 Å². The number of anilines is 1. The van der Waals surface area contributed by atoms with Crippen LogP contribution in [0, 0.1) is 6.92 Å². The van der Waals surface area contributed by atoms with Gasteiger partial charge in [-0.3, -0.25) is 0 Å². The summed E-state index contributed by atoms with van der Waals surface area (Å²) in [5.41, 5.74) is 8.38. The average Bonchev–Trinajstić information content (AvgIpc) is 2.84. The molecule has 0 fully saturated rings. The van der Waals surface area contributed by atoms with Crippen molar-refractivity contribution in [3.05, 3.63) is 29.6 Å². The molecule has 0 spiro atoms. The Morgan fingerprint density at radius 1 is 1.44 bits per heavy atom. The quantitative estimate of drug-likeness (QED) is 0.841. The summed E-state index contributed by atoms with van der Waals surface area (Å²) in [6, 6.07) is 5.63. The zero-order valence-corrected chi connectivity index (χ0v) is 10.8. The van der Waals surface area contributed by atoms with Crippen molar-refractivity contribution in [2.24, 2.45) is 0 Å². The number of hydrogen-bond acceptors (Lipinski definition) is 5. The third-order valence-electron chi connectivity index (χ3n) is 2.99. The molecule has 2 N–H and O–H groups in total. The number of benzene rings is 1. The van der Waals surface area contributed by atoms with Crippen molar-refractivity contribution in [3.8, 4) is 11.5 Å². The number of ether oxygens (including phenoxy) is 1. The Hall–Kier alpha value is -1.88. The molecule has 1 heterocycles. The standard InChI is InChI=1S/C13H17N3O2/c1-4-11(17-3)12-15-13(18-16-12)9-6-5-7-10(14)8(9)2/h5-7,11H,4,14H2,1-3H3. The minimum absolute atomic E-state index is 0.135. The second-order valence-electron chi connectivity index (χ2n) is 4.11. The van der Waals surface area contributed by atoms with E-state index in [1.165, 1.54) is 0 Å². The first-order chi connectivity index (χ1) is 8.67. The minimum Gasteiger partial charge on any atom is -0.398 e. The lowest BCUT2D eigenvalue weighted by Gasteiger charge is -2.06. The molecule has 0 radical (unpaired) electrons. The van der Waals surface area contributed by atoms with Gasteiger partial charge in [-0.1, -0.05) is 18.1 Å². The fourth-order valence-electron chi connectivity index (χ4n) is 1.81. The zero-order valence-electron chi connectivity index (χ0n) is 10.8. The summed E-state index contributed by atoms with van der Waals surface area (Å²) in [5, 5.41) is 3.95. The SMILES string of the molecule is CCC(OC)c1noc(-c2cccc(N)c2C)n1. The maximum atomic E-state index is 5.86. The van der Waals surface area contributed by atoms with Crippen LogP contribution in [0.3, 0.4) is 0 Å². The lowest BCUT2D eigenvalue weighted by atomic mass is 10.1. The Morgan fingerprint density at radius 2 is 2.22 bits per heavy atom. The Bertz CT molecular complexity index is 533. The van der Waals surface area contributed by atoms with Crippen molar-refractivity contribution >= 4 is 5.69 Å². The van der Waals surface area contributed by atoms with Crippen molar-refractivity contribution in [1.82, 2.24) is 10.1 Å². The van der Waals surface area contributed by atoms with E-state index < -0.39 is 0 Å². The summed E-state index contributed by atoms with van der Waals surface area (Å²) < 4.78 is 10.6. The Morgan fingerprint density at radius 3 is 2.89 bits per heavy atom. The molecule has 0 saturated heterocycles. The van der Waals surface area contributed by atoms with E-state index in [0.717, 1.165) is 17.5 Å². The van der Waals surface area contributed by atoms with Gasteiger partial charge in [0.2, 0.25) is 5.82 Å². The molecule has 0 saturated carbocycles. The molecule has 0 aliphatic carbocycles. The first-order valence-corrected chi connectivity index (χ1v) is 5.89. The largest absolute Gasteiger partial charge is 0.398 e. The number of nitrogens with zero attached hydrogens (tertiary/aromatic N) is 2. The van der Waals surface area contributed by atoms with Crippen molar-refractivity contribution in [1.29, 1.82) is 0 Å². The van der Waals surface area contributed by atoms with Crippen molar-refractivity contribution < 1.29 is 9.26 Å². The van der Waals surface area contributed by atoms with Gasteiger partial charge in [0, 0.05) is 18.4 Å². The zero-order chi connectivity index (χ0) is 13.1. The predicted molar refractivity (Wildman–Crippen MR) is 68.9 cm³/mol. The fourth-order valence-corrected chi connectivity index (χ4v) is 1.81. The van der Waals surface area contributed by atoms with E-state index in [-0.39, 0.29) is 6.10 Å². The molecule has 2 aromatic rings. The minimum atomic E-state index is -0.135.